The number of esters is 1. The fourth-order valence-electron chi connectivity index (χ4n) is 3.09. The number of thiophene rings is 1. The summed E-state index contributed by atoms with van der Waals surface area (Å²) in [5.41, 5.74) is 1.31. The Morgan fingerprint density at radius 2 is 1.79 bits per heavy atom. The molecular formula is C20H21NO6S. The third kappa shape index (κ3) is 3.60. The summed E-state index contributed by atoms with van der Waals surface area (Å²) in [6, 6.07) is 4.32. The molecule has 0 radical (unpaired) electrons. The van der Waals surface area contributed by atoms with E-state index >= 15 is 0 Å². The quantitative estimate of drug-likeness (QED) is 0.496. The van der Waals surface area contributed by atoms with Gasteiger partial charge in [0.2, 0.25) is 0 Å². The van der Waals surface area contributed by atoms with Gasteiger partial charge in [-0.1, -0.05) is 13.0 Å². The average Bonchev–Trinajstić information content (AvgIpc) is 3.28. The molecule has 0 aliphatic carbocycles. The van der Waals surface area contributed by atoms with Crippen molar-refractivity contribution < 1.29 is 28.6 Å². The van der Waals surface area contributed by atoms with Crippen molar-refractivity contribution in [1.82, 2.24) is 4.90 Å². The molecule has 3 rings (SSSR count). The molecule has 1 atom stereocenters. The van der Waals surface area contributed by atoms with Crippen molar-refractivity contribution in [3.63, 3.8) is 0 Å². The molecule has 1 aromatic carbocycles. The Bertz CT molecular complexity index is 875. The van der Waals surface area contributed by atoms with Gasteiger partial charge in [0.1, 0.15) is 0 Å². The second kappa shape index (κ2) is 8.43. The Hall–Kier alpha value is -2.87. The molecule has 0 fully saturated rings. The molecule has 2 amide bonds. The van der Waals surface area contributed by atoms with Crippen molar-refractivity contribution in [2.75, 3.05) is 20.8 Å². The van der Waals surface area contributed by atoms with Crippen molar-refractivity contribution in [3.05, 3.63) is 45.6 Å². The van der Waals surface area contributed by atoms with Crippen LogP contribution in [0.5, 0.6) is 11.5 Å². The largest absolute Gasteiger partial charge is 0.493 e. The van der Waals surface area contributed by atoms with E-state index in [1.165, 1.54) is 25.6 Å². The third-order valence-corrected chi connectivity index (χ3v) is 5.24. The van der Waals surface area contributed by atoms with Gasteiger partial charge in [0.05, 0.1) is 44.4 Å². The molecule has 28 heavy (non-hydrogen) atoms. The van der Waals surface area contributed by atoms with Gasteiger partial charge in [-0.25, -0.2) is 0 Å². The molecule has 2 aromatic rings. The van der Waals surface area contributed by atoms with E-state index in [4.69, 9.17) is 14.2 Å². The molecule has 0 bridgehead atoms. The van der Waals surface area contributed by atoms with Gasteiger partial charge in [-0.15, -0.1) is 0 Å². The topological polar surface area (TPSA) is 82.1 Å². The Morgan fingerprint density at radius 3 is 2.36 bits per heavy atom. The summed E-state index contributed by atoms with van der Waals surface area (Å²) in [7, 11) is 2.78. The summed E-state index contributed by atoms with van der Waals surface area (Å²) in [6.45, 7) is 2.53. The lowest BCUT2D eigenvalue weighted by Crippen LogP contribution is -2.35. The van der Waals surface area contributed by atoms with Crippen molar-refractivity contribution in [2.24, 2.45) is 0 Å². The number of fused-ring (bicyclic) bond motifs is 1. The van der Waals surface area contributed by atoms with Crippen molar-refractivity contribution in [3.8, 4) is 11.5 Å². The van der Waals surface area contributed by atoms with Gasteiger partial charge in [0.15, 0.2) is 11.5 Å². The highest BCUT2D eigenvalue weighted by Crippen LogP contribution is 2.38. The zero-order valence-corrected chi connectivity index (χ0v) is 16.7. The maximum atomic E-state index is 12.8. The van der Waals surface area contributed by atoms with Crippen molar-refractivity contribution >= 4 is 29.1 Å². The van der Waals surface area contributed by atoms with Crippen LogP contribution in [0.3, 0.4) is 0 Å². The molecule has 1 aromatic heterocycles. The normalized spacial score (nSPS) is 14.0. The first-order chi connectivity index (χ1) is 13.5. The molecule has 8 heteroatoms. The lowest BCUT2D eigenvalue weighted by atomic mass is 10.0. The third-order valence-electron chi connectivity index (χ3n) is 4.49. The van der Waals surface area contributed by atoms with E-state index in [1.54, 1.807) is 29.0 Å². The predicted molar refractivity (Wildman–Crippen MR) is 103 cm³/mol. The summed E-state index contributed by atoms with van der Waals surface area (Å²) in [5.74, 6) is -0.331. The molecule has 2 heterocycles. The van der Waals surface area contributed by atoms with Crippen LogP contribution in [0.25, 0.3) is 0 Å². The Balaban J connectivity index is 1.99. The monoisotopic (exact) mass is 403 g/mol. The number of rotatable bonds is 8. The highest BCUT2D eigenvalue weighted by atomic mass is 32.1. The van der Waals surface area contributed by atoms with E-state index in [0.29, 0.717) is 34.8 Å². The summed E-state index contributed by atoms with van der Waals surface area (Å²) >= 11 is 1.30. The summed E-state index contributed by atoms with van der Waals surface area (Å²) in [4.78, 5) is 38.8. The van der Waals surface area contributed by atoms with Crippen LogP contribution in [0, 0.1) is 0 Å². The zero-order valence-electron chi connectivity index (χ0n) is 15.9. The summed E-state index contributed by atoms with van der Waals surface area (Å²) in [6.07, 6.45) is 0.689. The smallest absolute Gasteiger partial charge is 0.307 e. The maximum Gasteiger partial charge on any atom is 0.307 e. The number of carbonyl (C=O) groups is 3. The number of nitrogens with zero attached hydrogens (tertiary/aromatic N) is 1. The molecule has 1 aliphatic heterocycles. The van der Waals surface area contributed by atoms with Crippen molar-refractivity contribution in [1.29, 1.82) is 0 Å². The highest BCUT2D eigenvalue weighted by Gasteiger charge is 2.42. The van der Waals surface area contributed by atoms with Crippen LogP contribution in [0.1, 0.15) is 52.1 Å². The standard InChI is InChI=1S/C20H21NO6S/c1-4-7-27-16-6-5-12(8-17(16)25-2)15(9-18(22)26-3)21-19(23)13-10-28-11-14(13)20(21)24/h5-6,8,10-11,15H,4,7,9H2,1-3H3. The van der Waals surface area contributed by atoms with Crippen LogP contribution < -0.4 is 9.47 Å². The first-order valence-electron chi connectivity index (χ1n) is 8.83. The number of benzene rings is 1. The number of ether oxygens (including phenoxy) is 3. The number of hydrogen-bond acceptors (Lipinski definition) is 7. The van der Waals surface area contributed by atoms with Crippen LogP contribution in [-0.4, -0.2) is 43.5 Å². The van der Waals surface area contributed by atoms with E-state index in [2.05, 4.69) is 0 Å². The molecule has 148 valence electrons. The van der Waals surface area contributed by atoms with Gasteiger partial charge >= 0.3 is 5.97 Å². The number of imide groups is 1. The van der Waals surface area contributed by atoms with Crippen LogP contribution in [0.2, 0.25) is 0 Å². The van der Waals surface area contributed by atoms with Crippen LogP contribution >= 0.6 is 11.3 Å². The minimum absolute atomic E-state index is 0.153. The molecular weight excluding hydrogens is 382 g/mol. The molecule has 0 saturated heterocycles. The zero-order chi connectivity index (χ0) is 20.3. The van der Waals surface area contributed by atoms with Gasteiger partial charge in [-0.3, -0.25) is 19.3 Å². The van der Waals surface area contributed by atoms with E-state index in [-0.39, 0.29) is 6.42 Å². The molecule has 0 spiro atoms. The fraction of sp³-hybridized carbons (Fsp3) is 0.350. The summed E-state index contributed by atoms with van der Waals surface area (Å²) < 4.78 is 15.8. The minimum Gasteiger partial charge on any atom is -0.493 e. The second-order valence-corrected chi connectivity index (χ2v) is 6.98. The van der Waals surface area contributed by atoms with Crippen molar-refractivity contribution in [2.45, 2.75) is 25.8 Å². The first kappa shape index (κ1) is 19.9. The Labute approximate surface area is 166 Å². The van der Waals surface area contributed by atoms with E-state index in [9.17, 15) is 14.4 Å². The van der Waals surface area contributed by atoms with E-state index in [1.807, 2.05) is 6.92 Å². The molecule has 7 nitrogen and oxygen atoms in total. The highest BCUT2D eigenvalue weighted by molar-refractivity contribution is 7.08. The van der Waals surface area contributed by atoms with Gasteiger partial charge in [0.25, 0.3) is 11.8 Å². The Kier molecular flexibility index (Phi) is 5.99. The predicted octanol–water partition coefficient (Wildman–Crippen LogP) is 3.45. The minimum atomic E-state index is -0.807. The number of carbonyl (C=O) groups excluding carboxylic acids is 3. The van der Waals surface area contributed by atoms with Crippen LogP contribution in [-0.2, 0) is 9.53 Å². The molecule has 1 aliphatic rings. The van der Waals surface area contributed by atoms with Gasteiger partial charge in [0, 0.05) is 10.8 Å². The first-order valence-corrected chi connectivity index (χ1v) is 9.77. The second-order valence-electron chi connectivity index (χ2n) is 6.23. The Morgan fingerprint density at radius 1 is 1.11 bits per heavy atom. The average molecular weight is 403 g/mol. The number of amides is 2. The van der Waals surface area contributed by atoms with Gasteiger partial charge < -0.3 is 14.2 Å². The van der Waals surface area contributed by atoms with Gasteiger partial charge in [-0.05, 0) is 24.1 Å². The van der Waals surface area contributed by atoms with E-state index < -0.39 is 23.8 Å². The lowest BCUT2D eigenvalue weighted by molar-refractivity contribution is -0.141. The SMILES string of the molecule is CCCOc1ccc(C(CC(=O)OC)N2C(=O)c3cscc3C2=O)cc1OC. The molecule has 0 N–H and O–H groups in total. The van der Waals surface area contributed by atoms with E-state index in [0.717, 1.165) is 11.3 Å². The van der Waals surface area contributed by atoms with Crippen LogP contribution in [0.15, 0.2) is 29.0 Å². The lowest BCUT2D eigenvalue weighted by Gasteiger charge is -2.26. The maximum absolute atomic E-state index is 12.8. The molecule has 1 unspecified atom stereocenters. The number of hydrogen-bond donors (Lipinski definition) is 0. The van der Waals surface area contributed by atoms with Gasteiger partial charge in [-0.2, -0.15) is 11.3 Å². The number of methoxy groups -OCH3 is 2. The summed E-state index contributed by atoms with van der Waals surface area (Å²) in [5, 5.41) is 3.29. The van der Waals surface area contributed by atoms with Crippen LogP contribution in [0.4, 0.5) is 0 Å². The molecule has 0 saturated carbocycles. The fourth-order valence-corrected chi connectivity index (χ4v) is 3.88.